The van der Waals surface area contributed by atoms with Crippen LogP contribution in [0.15, 0.2) is 36.4 Å². The Morgan fingerprint density at radius 2 is 1.95 bits per heavy atom. The normalized spacial score (nSPS) is 12.5. The highest BCUT2D eigenvalue weighted by atomic mass is 16.7. The highest BCUT2D eigenvalue weighted by molar-refractivity contribution is 5.97. The number of benzene rings is 2. The quantitative estimate of drug-likeness (QED) is 0.897. The van der Waals surface area contributed by atoms with Gasteiger partial charge in [-0.2, -0.15) is 0 Å². The van der Waals surface area contributed by atoms with E-state index in [1.165, 1.54) is 0 Å². The number of carboxylic acids is 1. The Balaban J connectivity index is 2.17. The van der Waals surface area contributed by atoms with E-state index in [9.17, 15) is 9.90 Å². The first-order valence-electron chi connectivity index (χ1n) is 5.90. The SMILES string of the molecule is Cc1cccc(-c2ccc3c(c2)OCO3)c1C(=O)O. The molecule has 2 aromatic rings. The molecule has 2 aromatic carbocycles. The molecule has 1 N–H and O–H groups in total. The van der Waals surface area contributed by atoms with Crippen LogP contribution in [0.2, 0.25) is 0 Å². The molecule has 3 rings (SSSR count). The average molecular weight is 256 g/mol. The largest absolute Gasteiger partial charge is 0.478 e. The molecule has 0 spiro atoms. The minimum absolute atomic E-state index is 0.207. The van der Waals surface area contributed by atoms with E-state index in [2.05, 4.69) is 0 Å². The van der Waals surface area contributed by atoms with E-state index in [-0.39, 0.29) is 6.79 Å². The minimum Gasteiger partial charge on any atom is -0.478 e. The van der Waals surface area contributed by atoms with Crippen LogP contribution < -0.4 is 9.47 Å². The van der Waals surface area contributed by atoms with Crippen molar-refractivity contribution in [3.05, 3.63) is 47.5 Å². The lowest BCUT2D eigenvalue weighted by atomic mass is 9.96. The zero-order valence-electron chi connectivity index (χ0n) is 10.3. The molecule has 0 atom stereocenters. The summed E-state index contributed by atoms with van der Waals surface area (Å²) in [7, 11) is 0. The van der Waals surface area contributed by atoms with E-state index in [0.717, 1.165) is 11.1 Å². The summed E-state index contributed by atoms with van der Waals surface area (Å²) in [6.45, 7) is 2.00. The van der Waals surface area contributed by atoms with Crippen LogP contribution in [-0.2, 0) is 0 Å². The van der Waals surface area contributed by atoms with Crippen LogP contribution in [0.5, 0.6) is 11.5 Å². The smallest absolute Gasteiger partial charge is 0.336 e. The van der Waals surface area contributed by atoms with Gasteiger partial charge in [-0.1, -0.05) is 24.3 Å². The summed E-state index contributed by atoms with van der Waals surface area (Å²) in [6.07, 6.45) is 0. The summed E-state index contributed by atoms with van der Waals surface area (Å²) in [5.74, 6) is 0.411. The first-order chi connectivity index (χ1) is 9.16. The lowest BCUT2D eigenvalue weighted by Crippen LogP contribution is -2.02. The predicted octanol–water partition coefficient (Wildman–Crippen LogP) is 3.09. The number of ether oxygens (including phenoxy) is 2. The van der Waals surface area contributed by atoms with Gasteiger partial charge in [0.05, 0.1) is 5.56 Å². The molecule has 0 saturated heterocycles. The fraction of sp³-hybridized carbons (Fsp3) is 0.133. The average Bonchev–Trinajstić information content (AvgIpc) is 2.85. The summed E-state index contributed by atoms with van der Waals surface area (Å²) in [6, 6.07) is 10.9. The van der Waals surface area contributed by atoms with Gasteiger partial charge in [-0.05, 0) is 35.7 Å². The highest BCUT2D eigenvalue weighted by Crippen LogP contribution is 2.37. The monoisotopic (exact) mass is 256 g/mol. The summed E-state index contributed by atoms with van der Waals surface area (Å²) < 4.78 is 10.6. The van der Waals surface area contributed by atoms with Crippen LogP contribution in [-0.4, -0.2) is 17.9 Å². The summed E-state index contributed by atoms with van der Waals surface area (Å²) in [4.78, 5) is 11.4. The van der Waals surface area contributed by atoms with Crippen LogP contribution in [0.1, 0.15) is 15.9 Å². The lowest BCUT2D eigenvalue weighted by molar-refractivity contribution is 0.0697. The third-order valence-corrected chi connectivity index (χ3v) is 3.17. The second kappa shape index (κ2) is 4.31. The van der Waals surface area contributed by atoms with E-state index in [0.29, 0.717) is 22.6 Å². The fourth-order valence-electron chi connectivity index (χ4n) is 2.26. The Morgan fingerprint density at radius 3 is 2.74 bits per heavy atom. The molecule has 0 aliphatic carbocycles. The summed E-state index contributed by atoms with van der Waals surface area (Å²) >= 11 is 0. The van der Waals surface area contributed by atoms with Gasteiger partial charge in [0.25, 0.3) is 0 Å². The maximum atomic E-state index is 11.4. The van der Waals surface area contributed by atoms with Crippen molar-refractivity contribution in [2.75, 3.05) is 6.79 Å². The molecule has 0 fully saturated rings. The molecule has 0 saturated carbocycles. The Morgan fingerprint density at radius 1 is 1.16 bits per heavy atom. The fourth-order valence-corrected chi connectivity index (χ4v) is 2.26. The number of carboxylic acid groups (broad SMARTS) is 1. The Labute approximate surface area is 110 Å². The molecule has 0 aromatic heterocycles. The molecular weight excluding hydrogens is 244 g/mol. The molecule has 4 nitrogen and oxygen atoms in total. The number of rotatable bonds is 2. The first kappa shape index (κ1) is 11.6. The zero-order chi connectivity index (χ0) is 13.4. The molecule has 0 unspecified atom stereocenters. The van der Waals surface area contributed by atoms with Gasteiger partial charge in [-0.25, -0.2) is 4.79 Å². The van der Waals surface area contributed by atoms with E-state index in [1.54, 1.807) is 25.1 Å². The van der Waals surface area contributed by atoms with Crippen LogP contribution in [0.25, 0.3) is 11.1 Å². The maximum absolute atomic E-state index is 11.4. The minimum atomic E-state index is -0.925. The molecule has 96 valence electrons. The number of hydrogen-bond acceptors (Lipinski definition) is 3. The molecular formula is C15H12O4. The van der Waals surface area contributed by atoms with Gasteiger partial charge in [0.15, 0.2) is 11.5 Å². The van der Waals surface area contributed by atoms with Crippen LogP contribution in [0, 0.1) is 6.92 Å². The van der Waals surface area contributed by atoms with E-state index < -0.39 is 5.97 Å². The highest BCUT2D eigenvalue weighted by Gasteiger charge is 2.18. The van der Waals surface area contributed by atoms with Crippen molar-refractivity contribution >= 4 is 5.97 Å². The van der Waals surface area contributed by atoms with Gasteiger partial charge in [0, 0.05) is 0 Å². The van der Waals surface area contributed by atoms with Crippen molar-refractivity contribution in [3.63, 3.8) is 0 Å². The topological polar surface area (TPSA) is 55.8 Å². The molecule has 0 amide bonds. The van der Waals surface area contributed by atoms with E-state index in [1.807, 2.05) is 18.2 Å². The van der Waals surface area contributed by atoms with Crippen molar-refractivity contribution in [2.24, 2.45) is 0 Å². The predicted molar refractivity (Wildman–Crippen MR) is 69.7 cm³/mol. The maximum Gasteiger partial charge on any atom is 0.336 e. The van der Waals surface area contributed by atoms with Crippen molar-refractivity contribution in [3.8, 4) is 22.6 Å². The standard InChI is InChI=1S/C15H12O4/c1-9-3-2-4-11(14(9)15(16)17)10-5-6-12-13(7-10)19-8-18-12/h2-7H,8H2,1H3,(H,16,17). The zero-order valence-corrected chi connectivity index (χ0v) is 10.3. The Bertz CT molecular complexity index is 661. The van der Waals surface area contributed by atoms with E-state index in [4.69, 9.17) is 9.47 Å². The van der Waals surface area contributed by atoms with Crippen LogP contribution >= 0.6 is 0 Å². The molecule has 1 heterocycles. The number of aromatic carboxylic acids is 1. The molecule has 1 aliphatic heterocycles. The number of aryl methyl sites for hydroxylation is 1. The second-order valence-electron chi connectivity index (χ2n) is 4.37. The lowest BCUT2D eigenvalue weighted by Gasteiger charge is -2.09. The number of carbonyl (C=O) groups is 1. The Hall–Kier alpha value is -2.49. The van der Waals surface area contributed by atoms with Crippen molar-refractivity contribution in [1.82, 2.24) is 0 Å². The number of fused-ring (bicyclic) bond motifs is 1. The van der Waals surface area contributed by atoms with Crippen molar-refractivity contribution in [2.45, 2.75) is 6.92 Å². The van der Waals surface area contributed by atoms with Gasteiger partial charge >= 0.3 is 5.97 Å². The Kier molecular flexibility index (Phi) is 2.63. The summed E-state index contributed by atoms with van der Waals surface area (Å²) in [5.41, 5.74) is 2.56. The first-order valence-corrected chi connectivity index (χ1v) is 5.90. The van der Waals surface area contributed by atoms with Gasteiger partial charge < -0.3 is 14.6 Å². The van der Waals surface area contributed by atoms with Gasteiger partial charge in [-0.15, -0.1) is 0 Å². The molecule has 19 heavy (non-hydrogen) atoms. The third kappa shape index (κ3) is 1.91. The molecule has 0 bridgehead atoms. The van der Waals surface area contributed by atoms with E-state index >= 15 is 0 Å². The van der Waals surface area contributed by atoms with Crippen LogP contribution in [0.4, 0.5) is 0 Å². The van der Waals surface area contributed by atoms with Gasteiger partial charge in [-0.3, -0.25) is 0 Å². The molecule has 0 radical (unpaired) electrons. The van der Waals surface area contributed by atoms with Crippen molar-refractivity contribution < 1.29 is 19.4 Å². The third-order valence-electron chi connectivity index (χ3n) is 3.17. The van der Waals surface area contributed by atoms with Crippen LogP contribution in [0.3, 0.4) is 0 Å². The summed E-state index contributed by atoms with van der Waals surface area (Å²) in [5, 5.41) is 9.35. The number of hydrogen-bond donors (Lipinski definition) is 1. The molecule has 4 heteroatoms. The molecule has 1 aliphatic rings. The van der Waals surface area contributed by atoms with Gasteiger partial charge in [0.1, 0.15) is 0 Å². The van der Waals surface area contributed by atoms with Gasteiger partial charge in [0.2, 0.25) is 6.79 Å². The van der Waals surface area contributed by atoms with Crippen molar-refractivity contribution in [1.29, 1.82) is 0 Å². The second-order valence-corrected chi connectivity index (χ2v) is 4.37.